The van der Waals surface area contributed by atoms with Gasteiger partial charge in [0.05, 0.1) is 13.2 Å². The van der Waals surface area contributed by atoms with Crippen LogP contribution >= 0.6 is 0 Å². The van der Waals surface area contributed by atoms with Crippen molar-refractivity contribution in [3.63, 3.8) is 0 Å². The summed E-state index contributed by atoms with van der Waals surface area (Å²) in [7, 11) is 0. The second-order valence-electron chi connectivity index (χ2n) is 8.24. The molecule has 142 valence electrons. The molecule has 0 atom stereocenters. The van der Waals surface area contributed by atoms with Gasteiger partial charge < -0.3 is 19.7 Å². The fourth-order valence-corrected chi connectivity index (χ4v) is 4.56. The molecule has 1 aromatic rings. The van der Waals surface area contributed by atoms with E-state index in [2.05, 4.69) is 10.2 Å². The number of carbonyl (C=O) groups is 1. The maximum absolute atomic E-state index is 12.0. The Bertz CT molecular complexity index is 585. The van der Waals surface area contributed by atoms with Crippen LogP contribution in [0.15, 0.2) is 30.3 Å². The summed E-state index contributed by atoms with van der Waals surface area (Å²) < 4.78 is 10.8. The average molecular weight is 358 g/mol. The molecule has 2 heterocycles. The SMILES string of the molecule is O=C(N[C@H]1CC[C@H](N2CCC3(CC2)COC3)CC1)OCc1ccccc1. The maximum atomic E-state index is 12.0. The van der Waals surface area contributed by atoms with Crippen LogP contribution < -0.4 is 5.32 Å². The summed E-state index contributed by atoms with van der Waals surface area (Å²) >= 11 is 0. The molecular weight excluding hydrogens is 328 g/mol. The Kier molecular flexibility index (Phi) is 5.46. The van der Waals surface area contributed by atoms with E-state index in [1.807, 2.05) is 30.3 Å². The summed E-state index contributed by atoms with van der Waals surface area (Å²) in [5.74, 6) is 0. The first-order chi connectivity index (χ1) is 12.7. The number of rotatable bonds is 4. The third-order valence-corrected chi connectivity index (χ3v) is 6.42. The molecule has 1 aromatic carbocycles. The summed E-state index contributed by atoms with van der Waals surface area (Å²) in [5.41, 5.74) is 1.53. The van der Waals surface area contributed by atoms with Crippen molar-refractivity contribution in [1.82, 2.24) is 10.2 Å². The van der Waals surface area contributed by atoms with Crippen LogP contribution in [0, 0.1) is 5.41 Å². The van der Waals surface area contributed by atoms with Gasteiger partial charge >= 0.3 is 6.09 Å². The van der Waals surface area contributed by atoms with Crippen LogP contribution in [-0.4, -0.2) is 49.4 Å². The van der Waals surface area contributed by atoms with Gasteiger partial charge in [-0.25, -0.2) is 4.79 Å². The Balaban J connectivity index is 1.15. The number of carbonyl (C=O) groups excluding carboxylic acids is 1. The van der Waals surface area contributed by atoms with Crippen molar-refractivity contribution in [2.45, 2.75) is 57.2 Å². The lowest BCUT2D eigenvalue weighted by Gasteiger charge is -2.49. The van der Waals surface area contributed by atoms with Crippen LogP contribution in [-0.2, 0) is 16.1 Å². The first-order valence-corrected chi connectivity index (χ1v) is 10.0. The molecule has 0 bridgehead atoms. The summed E-state index contributed by atoms with van der Waals surface area (Å²) in [6, 6.07) is 10.8. The summed E-state index contributed by atoms with van der Waals surface area (Å²) in [4.78, 5) is 14.7. The number of piperidine rings is 1. The molecule has 0 radical (unpaired) electrons. The summed E-state index contributed by atoms with van der Waals surface area (Å²) in [6.45, 7) is 4.71. The molecule has 3 fully saturated rings. The van der Waals surface area contributed by atoms with Gasteiger partial charge in [0.2, 0.25) is 0 Å². The lowest BCUT2D eigenvalue weighted by atomic mass is 9.76. The number of nitrogens with one attached hydrogen (secondary N) is 1. The minimum Gasteiger partial charge on any atom is -0.445 e. The second kappa shape index (κ2) is 7.97. The minimum absolute atomic E-state index is 0.255. The molecule has 3 aliphatic rings. The van der Waals surface area contributed by atoms with Crippen LogP contribution in [0.2, 0.25) is 0 Å². The quantitative estimate of drug-likeness (QED) is 0.897. The second-order valence-corrected chi connectivity index (χ2v) is 8.24. The van der Waals surface area contributed by atoms with Crippen LogP contribution in [0.5, 0.6) is 0 Å². The van der Waals surface area contributed by atoms with Crippen molar-refractivity contribution >= 4 is 6.09 Å². The van der Waals surface area contributed by atoms with Crippen LogP contribution in [0.3, 0.4) is 0 Å². The lowest BCUT2D eigenvalue weighted by molar-refractivity contribution is -0.143. The van der Waals surface area contributed by atoms with E-state index in [0.29, 0.717) is 18.1 Å². The number of alkyl carbamates (subject to hydrolysis) is 1. The van der Waals surface area contributed by atoms with E-state index in [4.69, 9.17) is 9.47 Å². The first-order valence-electron chi connectivity index (χ1n) is 10.0. The van der Waals surface area contributed by atoms with E-state index in [1.165, 1.54) is 38.8 Å². The topological polar surface area (TPSA) is 50.8 Å². The smallest absolute Gasteiger partial charge is 0.407 e. The number of amides is 1. The third-order valence-electron chi connectivity index (χ3n) is 6.42. The molecule has 1 saturated carbocycles. The summed E-state index contributed by atoms with van der Waals surface area (Å²) in [6.07, 6.45) is 6.74. The molecule has 1 N–H and O–H groups in total. The highest BCUT2D eigenvalue weighted by atomic mass is 16.5. The van der Waals surface area contributed by atoms with E-state index < -0.39 is 0 Å². The molecule has 0 aromatic heterocycles. The molecule has 1 amide bonds. The van der Waals surface area contributed by atoms with Crippen molar-refractivity contribution < 1.29 is 14.3 Å². The number of nitrogens with zero attached hydrogens (tertiary/aromatic N) is 1. The number of benzene rings is 1. The first kappa shape index (κ1) is 17.8. The van der Waals surface area contributed by atoms with E-state index in [9.17, 15) is 4.79 Å². The highest BCUT2D eigenvalue weighted by Gasteiger charge is 2.42. The Morgan fingerprint density at radius 1 is 1.12 bits per heavy atom. The van der Waals surface area contributed by atoms with Crippen molar-refractivity contribution in [2.75, 3.05) is 26.3 Å². The molecule has 5 heteroatoms. The van der Waals surface area contributed by atoms with Gasteiger partial charge in [-0.15, -0.1) is 0 Å². The molecule has 4 rings (SSSR count). The van der Waals surface area contributed by atoms with Gasteiger partial charge in [-0.2, -0.15) is 0 Å². The molecule has 0 unspecified atom stereocenters. The van der Waals surface area contributed by atoms with Crippen LogP contribution in [0.25, 0.3) is 0 Å². The van der Waals surface area contributed by atoms with Gasteiger partial charge in [0.1, 0.15) is 6.61 Å². The zero-order chi connectivity index (χ0) is 17.8. The fourth-order valence-electron chi connectivity index (χ4n) is 4.56. The van der Waals surface area contributed by atoms with Gasteiger partial charge in [-0.1, -0.05) is 30.3 Å². The van der Waals surface area contributed by atoms with E-state index in [1.54, 1.807) is 0 Å². The molecule has 2 saturated heterocycles. The molecule has 5 nitrogen and oxygen atoms in total. The highest BCUT2D eigenvalue weighted by molar-refractivity contribution is 5.67. The van der Waals surface area contributed by atoms with Crippen LogP contribution in [0.4, 0.5) is 4.79 Å². The van der Waals surface area contributed by atoms with Crippen molar-refractivity contribution in [3.05, 3.63) is 35.9 Å². The third kappa shape index (κ3) is 4.21. The van der Waals surface area contributed by atoms with Crippen LogP contribution in [0.1, 0.15) is 44.1 Å². The average Bonchev–Trinajstić information content (AvgIpc) is 2.67. The molecule has 1 aliphatic carbocycles. The van der Waals surface area contributed by atoms with E-state index >= 15 is 0 Å². The van der Waals surface area contributed by atoms with E-state index in [0.717, 1.165) is 31.6 Å². The molecule has 26 heavy (non-hydrogen) atoms. The predicted octanol–water partition coefficient (Wildman–Crippen LogP) is 3.34. The van der Waals surface area contributed by atoms with Crippen molar-refractivity contribution in [2.24, 2.45) is 5.41 Å². The standard InChI is InChI=1S/C21H30N2O3/c24-20(26-14-17-4-2-1-3-5-17)22-18-6-8-19(9-7-18)23-12-10-21(11-13-23)15-25-16-21/h1-5,18-19H,6-16H2,(H,22,24)/t18-,19-. The van der Waals surface area contributed by atoms with Crippen molar-refractivity contribution in [3.8, 4) is 0 Å². The van der Waals surface area contributed by atoms with Gasteiger partial charge in [0.15, 0.2) is 0 Å². The normalized spacial score (nSPS) is 28.3. The zero-order valence-electron chi connectivity index (χ0n) is 15.5. The Morgan fingerprint density at radius 3 is 2.42 bits per heavy atom. The maximum Gasteiger partial charge on any atom is 0.407 e. The van der Waals surface area contributed by atoms with Gasteiger partial charge in [0.25, 0.3) is 0 Å². The summed E-state index contributed by atoms with van der Waals surface area (Å²) in [5, 5.41) is 3.05. The number of ether oxygens (including phenoxy) is 2. The Morgan fingerprint density at radius 2 is 1.81 bits per heavy atom. The molecule has 2 aliphatic heterocycles. The number of hydrogen-bond acceptors (Lipinski definition) is 4. The fraction of sp³-hybridized carbons (Fsp3) is 0.667. The zero-order valence-corrected chi connectivity index (χ0v) is 15.5. The number of likely N-dealkylation sites (tertiary alicyclic amines) is 1. The molecule has 1 spiro atoms. The van der Waals surface area contributed by atoms with Gasteiger partial charge in [0, 0.05) is 17.5 Å². The minimum atomic E-state index is -0.290. The molecular formula is C21H30N2O3. The Labute approximate surface area is 156 Å². The lowest BCUT2D eigenvalue weighted by Crippen LogP contribution is -2.54. The van der Waals surface area contributed by atoms with Gasteiger partial charge in [-0.3, -0.25) is 0 Å². The Hall–Kier alpha value is -1.59. The number of hydrogen-bond donors (Lipinski definition) is 1. The predicted molar refractivity (Wildman–Crippen MR) is 99.9 cm³/mol. The largest absolute Gasteiger partial charge is 0.445 e. The van der Waals surface area contributed by atoms with E-state index in [-0.39, 0.29) is 12.1 Å². The van der Waals surface area contributed by atoms with Crippen molar-refractivity contribution in [1.29, 1.82) is 0 Å². The monoisotopic (exact) mass is 358 g/mol. The highest BCUT2D eigenvalue weighted by Crippen LogP contribution is 2.39. The van der Waals surface area contributed by atoms with Gasteiger partial charge in [-0.05, 0) is 57.2 Å².